The molecule has 1 heterocycles. The number of aromatic hydroxyl groups is 1. The summed E-state index contributed by atoms with van der Waals surface area (Å²) in [5.74, 6) is 3.93. The second-order valence-corrected chi connectivity index (χ2v) is 5.14. The molecule has 0 bridgehead atoms. The summed E-state index contributed by atoms with van der Waals surface area (Å²) >= 11 is 1.99. The quantitative estimate of drug-likeness (QED) is 0.742. The van der Waals surface area contributed by atoms with E-state index in [0.29, 0.717) is 5.75 Å². The molecule has 15 heavy (non-hydrogen) atoms. The van der Waals surface area contributed by atoms with E-state index >= 15 is 0 Å². The first-order valence-corrected chi connectivity index (χ1v) is 6.39. The van der Waals surface area contributed by atoms with Crippen LogP contribution in [0.2, 0.25) is 0 Å². The van der Waals surface area contributed by atoms with Crippen LogP contribution in [0.25, 0.3) is 0 Å². The second kappa shape index (κ2) is 4.35. The molecule has 0 radical (unpaired) electrons. The third-order valence-electron chi connectivity index (χ3n) is 2.75. The fraction of sp³-hybridized carbons (Fsp3) is 0.500. The normalized spacial score (nSPS) is 16.8. The number of phenolic OH excluding ortho intramolecular Hbond substituents is 1. The summed E-state index contributed by atoms with van der Waals surface area (Å²) in [6, 6.07) is 4.09. The van der Waals surface area contributed by atoms with E-state index in [-0.39, 0.29) is 0 Å². The minimum Gasteiger partial charge on any atom is -0.571 e. The van der Waals surface area contributed by atoms with Gasteiger partial charge in [0, 0.05) is 23.3 Å². The number of hydrogen-bond donors (Lipinski definition) is 1. The Balaban J connectivity index is 2.27. The summed E-state index contributed by atoms with van der Waals surface area (Å²) in [5.41, 5.74) is 1.91. The van der Waals surface area contributed by atoms with Crippen molar-refractivity contribution in [1.29, 1.82) is 0 Å². The van der Waals surface area contributed by atoms with Crippen LogP contribution in [0.1, 0.15) is 11.1 Å². The van der Waals surface area contributed by atoms with Crippen LogP contribution in [0.5, 0.6) is 11.5 Å². The van der Waals surface area contributed by atoms with E-state index in [1.54, 1.807) is 0 Å². The van der Waals surface area contributed by atoms with E-state index in [1.165, 1.54) is 17.3 Å². The molecular weight excluding hydrogens is 208 g/mol. The van der Waals surface area contributed by atoms with Crippen molar-refractivity contribution in [3.8, 4) is 11.5 Å². The summed E-state index contributed by atoms with van der Waals surface area (Å²) in [7, 11) is 0. The SMILES string of the molecule is Cc1cc([O+]2CCSCC2)cc(C)c1O. The molecule has 1 fully saturated rings. The summed E-state index contributed by atoms with van der Waals surface area (Å²) in [6.45, 7) is 5.97. The Kier molecular flexibility index (Phi) is 3.10. The van der Waals surface area contributed by atoms with Gasteiger partial charge in [0.15, 0.2) is 13.2 Å². The lowest BCUT2D eigenvalue weighted by molar-refractivity contribution is -0.0374. The van der Waals surface area contributed by atoms with Crippen LogP contribution >= 0.6 is 11.8 Å². The summed E-state index contributed by atoms with van der Waals surface area (Å²) in [5, 5.41) is 9.70. The Morgan fingerprint density at radius 3 is 2.20 bits per heavy atom. The maximum Gasteiger partial charge on any atom is 0.256 e. The van der Waals surface area contributed by atoms with Gasteiger partial charge in [0.05, 0.1) is 11.5 Å². The van der Waals surface area contributed by atoms with Crippen LogP contribution in [0.4, 0.5) is 0 Å². The van der Waals surface area contributed by atoms with Crippen molar-refractivity contribution in [2.24, 2.45) is 0 Å². The molecule has 2 nitrogen and oxygen atoms in total. The Morgan fingerprint density at radius 2 is 1.67 bits per heavy atom. The topological polar surface area (TPSA) is 22.9 Å². The van der Waals surface area contributed by atoms with Crippen molar-refractivity contribution in [2.45, 2.75) is 13.8 Å². The van der Waals surface area contributed by atoms with Crippen LogP contribution in [-0.2, 0) is 4.37 Å². The van der Waals surface area contributed by atoms with Gasteiger partial charge in [-0.25, -0.2) is 0 Å². The smallest absolute Gasteiger partial charge is 0.256 e. The van der Waals surface area contributed by atoms with E-state index < -0.39 is 0 Å². The van der Waals surface area contributed by atoms with Crippen LogP contribution in [0, 0.1) is 13.8 Å². The lowest BCUT2D eigenvalue weighted by Gasteiger charge is -2.28. The Bertz CT molecular complexity index is 334. The lowest BCUT2D eigenvalue weighted by atomic mass is 10.1. The summed E-state index contributed by atoms with van der Waals surface area (Å²) in [6.07, 6.45) is 0. The van der Waals surface area contributed by atoms with E-state index in [4.69, 9.17) is 0 Å². The molecule has 0 amide bonds. The fourth-order valence-corrected chi connectivity index (χ4v) is 2.68. The number of rotatable bonds is 1. The van der Waals surface area contributed by atoms with Crippen LogP contribution in [0.15, 0.2) is 12.1 Å². The molecule has 1 aromatic rings. The van der Waals surface area contributed by atoms with Gasteiger partial charge in [-0.15, -0.1) is 11.8 Å². The number of thioether (sulfide) groups is 1. The first-order chi connectivity index (χ1) is 7.18. The maximum absolute atomic E-state index is 9.70. The van der Waals surface area contributed by atoms with Gasteiger partial charge in [-0.1, -0.05) is 0 Å². The largest absolute Gasteiger partial charge is 0.571 e. The van der Waals surface area contributed by atoms with Crippen LogP contribution < -0.4 is 0 Å². The average molecular weight is 225 g/mol. The molecule has 0 aromatic heterocycles. The van der Waals surface area contributed by atoms with Gasteiger partial charge in [0.1, 0.15) is 5.75 Å². The Hall–Kier alpha value is -0.830. The van der Waals surface area contributed by atoms with Crippen molar-refractivity contribution >= 4 is 11.8 Å². The number of aryl methyl sites for hydroxylation is 2. The molecule has 3 heteroatoms. The minimum absolute atomic E-state index is 0.422. The zero-order valence-electron chi connectivity index (χ0n) is 9.25. The molecular formula is C12H17O2S+. The monoisotopic (exact) mass is 225 g/mol. The first kappa shape index (κ1) is 10.7. The Morgan fingerprint density at radius 1 is 1.13 bits per heavy atom. The fourth-order valence-electron chi connectivity index (χ4n) is 1.84. The maximum atomic E-state index is 9.70. The van der Waals surface area contributed by atoms with E-state index in [1.807, 2.05) is 37.7 Å². The predicted octanol–water partition coefficient (Wildman–Crippen LogP) is 3.02. The number of hydrogen-bond acceptors (Lipinski definition) is 2. The first-order valence-electron chi connectivity index (χ1n) is 5.24. The molecule has 2 rings (SSSR count). The van der Waals surface area contributed by atoms with Gasteiger partial charge in [0.25, 0.3) is 5.75 Å². The van der Waals surface area contributed by atoms with E-state index in [2.05, 4.69) is 4.37 Å². The van der Waals surface area contributed by atoms with E-state index in [0.717, 1.165) is 24.3 Å². The lowest BCUT2D eigenvalue weighted by Crippen LogP contribution is -2.20. The van der Waals surface area contributed by atoms with Crippen LogP contribution in [0.3, 0.4) is 0 Å². The van der Waals surface area contributed by atoms with Crippen molar-refractivity contribution in [2.75, 3.05) is 24.7 Å². The van der Waals surface area contributed by atoms with Crippen molar-refractivity contribution < 1.29 is 9.47 Å². The van der Waals surface area contributed by atoms with Gasteiger partial charge in [0.2, 0.25) is 0 Å². The average Bonchev–Trinajstić information content (AvgIpc) is 2.26. The molecule has 0 unspecified atom stereocenters. The van der Waals surface area contributed by atoms with Crippen molar-refractivity contribution in [3.05, 3.63) is 23.3 Å². The van der Waals surface area contributed by atoms with E-state index in [9.17, 15) is 5.11 Å². The third kappa shape index (κ3) is 2.23. The highest BCUT2D eigenvalue weighted by atomic mass is 32.2. The number of benzene rings is 1. The molecule has 1 aromatic carbocycles. The second-order valence-electron chi connectivity index (χ2n) is 3.92. The number of phenols is 1. The minimum atomic E-state index is 0.422. The highest BCUT2D eigenvalue weighted by Gasteiger charge is 2.18. The standard InChI is InChI=1S/C12H16O2S/c1-9-7-11(8-10(2)12(9)13)14-3-5-15-6-4-14/h7-8H,3-6H2,1-2H3/p+1. The highest BCUT2D eigenvalue weighted by molar-refractivity contribution is 7.99. The van der Waals surface area contributed by atoms with Gasteiger partial charge < -0.3 is 9.47 Å². The molecule has 0 aliphatic carbocycles. The molecule has 82 valence electrons. The zero-order chi connectivity index (χ0) is 10.8. The molecule has 1 aliphatic heterocycles. The Labute approximate surface area is 95.0 Å². The molecule has 0 spiro atoms. The van der Waals surface area contributed by atoms with Gasteiger partial charge in [-0.2, -0.15) is 0 Å². The summed E-state index contributed by atoms with van der Waals surface area (Å²) in [4.78, 5) is 0. The molecule has 0 saturated carbocycles. The van der Waals surface area contributed by atoms with Crippen molar-refractivity contribution in [1.82, 2.24) is 0 Å². The van der Waals surface area contributed by atoms with Gasteiger partial charge >= 0.3 is 0 Å². The predicted molar refractivity (Wildman–Crippen MR) is 65.2 cm³/mol. The highest BCUT2D eigenvalue weighted by Crippen LogP contribution is 2.34. The van der Waals surface area contributed by atoms with Gasteiger partial charge in [-0.3, -0.25) is 0 Å². The zero-order valence-corrected chi connectivity index (χ0v) is 10.1. The van der Waals surface area contributed by atoms with Crippen LogP contribution in [-0.4, -0.2) is 29.8 Å². The third-order valence-corrected chi connectivity index (χ3v) is 3.66. The van der Waals surface area contributed by atoms with Crippen molar-refractivity contribution in [3.63, 3.8) is 0 Å². The molecule has 0 atom stereocenters. The van der Waals surface area contributed by atoms with Gasteiger partial charge in [-0.05, 0) is 13.8 Å². The molecule has 1 saturated heterocycles. The summed E-state index contributed by atoms with van der Waals surface area (Å²) < 4.78 is 3.24. The molecule has 1 aliphatic rings. The molecule has 1 N–H and O–H groups in total.